The standard InChI is InChI=1S/C22H26N2O2/c1-23(17-19-10-6-3-7-11-19)22(26)20-12-14-24(15-13-20)21(25)16-18-8-4-2-5-9-18/h2-11,20H,12-17H2,1H3. The molecule has 2 aromatic rings. The third-order valence-electron chi connectivity index (χ3n) is 5.03. The topological polar surface area (TPSA) is 40.6 Å². The van der Waals surface area contributed by atoms with Crippen LogP contribution in [0.15, 0.2) is 60.7 Å². The van der Waals surface area contributed by atoms with Crippen molar-refractivity contribution in [3.05, 3.63) is 71.8 Å². The average Bonchev–Trinajstić information content (AvgIpc) is 2.69. The molecule has 1 aliphatic rings. The smallest absolute Gasteiger partial charge is 0.226 e. The second-order valence-electron chi connectivity index (χ2n) is 7.00. The van der Waals surface area contributed by atoms with E-state index >= 15 is 0 Å². The minimum absolute atomic E-state index is 0.0180. The molecule has 1 saturated heterocycles. The molecule has 4 nitrogen and oxygen atoms in total. The molecule has 3 rings (SSSR count). The molecule has 0 unspecified atom stereocenters. The van der Waals surface area contributed by atoms with Crippen molar-refractivity contribution in [2.75, 3.05) is 20.1 Å². The van der Waals surface area contributed by atoms with E-state index in [-0.39, 0.29) is 17.7 Å². The summed E-state index contributed by atoms with van der Waals surface area (Å²) in [5.74, 6) is 0.355. The highest BCUT2D eigenvalue weighted by molar-refractivity contribution is 5.81. The number of piperidine rings is 1. The molecule has 0 radical (unpaired) electrons. The highest BCUT2D eigenvalue weighted by atomic mass is 16.2. The van der Waals surface area contributed by atoms with Gasteiger partial charge in [-0.3, -0.25) is 9.59 Å². The highest BCUT2D eigenvalue weighted by Gasteiger charge is 2.29. The van der Waals surface area contributed by atoms with Crippen LogP contribution in [0.5, 0.6) is 0 Å². The lowest BCUT2D eigenvalue weighted by Gasteiger charge is -2.33. The molecule has 0 atom stereocenters. The Labute approximate surface area is 155 Å². The number of likely N-dealkylation sites (tertiary alicyclic amines) is 1. The summed E-state index contributed by atoms with van der Waals surface area (Å²) in [6, 6.07) is 19.9. The van der Waals surface area contributed by atoms with Gasteiger partial charge in [-0.25, -0.2) is 0 Å². The van der Waals surface area contributed by atoms with E-state index in [0.717, 1.165) is 24.0 Å². The lowest BCUT2D eigenvalue weighted by Crippen LogP contribution is -2.43. The van der Waals surface area contributed by atoms with Crippen molar-refractivity contribution >= 4 is 11.8 Å². The summed E-state index contributed by atoms with van der Waals surface area (Å²) in [5.41, 5.74) is 2.18. The van der Waals surface area contributed by atoms with Crippen LogP contribution in [-0.4, -0.2) is 41.8 Å². The minimum atomic E-state index is 0.0180. The van der Waals surface area contributed by atoms with Crippen LogP contribution in [0.1, 0.15) is 24.0 Å². The van der Waals surface area contributed by atoms with Crippen molar-refractivity contribution in [2.24, 2.45) is 5.92 Å². The average molecular weight is 350 g/mol. The zero-order chi connectivity index (χ0) is 18.4. The van der Waals surface area contributed by atoms with Crippen molar-refractivity contribution in [3.8, 4) is 0 Å². The van der Waals surface area contributed by atoms with Crippen molar-refractivity contribution in [1.82, 2.24) is 9.80 Å². The predicted molar refractivity (Wildman–Crippen MR) is 102 cm³/mol. The predicted octanol–water partition coefficient (Wildman–Crippen LogP) is 3.13. The molecule has 0 aromatic heterocycles. The summed E-state index contributed by atoms with van der Waals surface area (Å²) >= 11 is 0. The fourth-order valence-corrected chi connectivity index (χ4v) is 3.50. The van der Waals surface area contributed by atoms with Crippen molar-refractivity contribution < 1.29 is 9.59 Å². The number of rotatable bonds is 5. The first kappa shape index (κ1) is 18.2. The molecule has 2 aromatic carbocycles. The molecule has 1 fully saturated rings. The molecule has 1 heterocycles. The van der Waals surface area contributed by atoms with E-state index in [4.69, 9.17) is 0 Å². The third kappa shape index (κ3) is 4.72. The Morgan fingerprint density at radius 1 is 0.923 bits per heavy atom. The summed E-state index contributed by atoms with van der Waals surface area (Å²) in [4.78, 5) is 28.8. The normalized spacial score (nSPS) is 14.9. The maximum absolute atomic E-state index is 12.7. The van der Waals surface area contributed by atoms with Gasteiger partial charge in [0.2, 0.25) is 11.8 Å². The fourth-order valence-electron chi connectivity index (χ4n) is 3.50. The molecular formula is C22H26N2O2. The number of carbonyl (C=O) groups is 2. The maximum Gasteiger partial charge on any atom is 0.226 e. The van der Waals surface area contributed by atoms with Crippen molar-refractivity contribution in [2.45, 2.75) is 25.8 Å². The van der Waals surface area contributed by atoms with Crippen molar-refractivity contribution in [3.63, 3.8) is 0 Å². The van der Waals surface area contributed by atoms with Crippen LogP contribution in [0.3, 0.4) is 0 Å². The molecule has 0 spiro atoms. The molecule has 0 saturated carbocycles. The molecule has 2 amide bonds. The molecule has 4 heteroatoms. The molecular weight excluding hydrogens is 324 g/mol. The number of carbonyl (C=O) groups excluding carboxylic acids is 2. The SMILES string of the molecule is CN(Cc1ccccc1)C(=O)C1CCN(C(=O)Cc2ccccc2)CC1. The molecule has 0 N–H and O–H groups in total. The number of amides is 2. The lowest BCUT2D eigenvalue weighted by atomic mass is 9.94. The van der Waals surface area contributed by atoms with E-state index in [1.165, 1.54) is 0 Å². The Hall–Kier alpha value is -2.62. The van der Waals surface area contributed by atoms with Gasteiger partial charge in [0.1, 0.15) is 0 Å². The summed E-state index contributed by atoms with van der Waals surface area (Å²) in [7, 11) is 1.86. The summed E-state index contributed by atoms with van der Waals surface area (Å²) in [6.07, 6.45) is 1.93. The fraction of sp³-hybridized carbons (Fsp3) is 0.364. The highest BCUT2D eigenvalue weighted by Crippen LogP contribution is 2.21. The number of benzene rings is 2. The van der Waals surface area contributed by atoms with Gasteiger partial charge in [-0.15, -0.1) is 0 Å². The molecule has 0 aliphatic carbocycles. The first-order chi connectivity index (χ1) is 12.6. The molecule has 136 valence electrons. The third-order valence-corrected chi connectivity index (χ3v) is 5.03. The Morgan fingerprint density at radius 3 is 2.04 bits per heavy atom. The van der Waals surface area contributed by atoms with Crippen LogP contribution in [-0.2, 0) is 22.6 Å². The first-order valence-corrected chi connectivity index (χ1v) is 9.24. The van der Waals surface area contributed by atoms with Gasteiger partial charge in [-0.1, -0.05) is 60.7 Å². The van der Waals surface area contributed by atoms with Gasteiger partial charge in [0.25, 0.3) is 0 Å². The summed E-state index contributed by atoms with van der Waals surface area (Å²) < 4.78 is 0. The number of nitrogens with zero attached hydrogens (tertiary/aromatic N) is 2. The second kappa shape index (κ2) is 8.65. The monoisotopic (exact) mass is 350 g/mol. The summed E-state index contributed by atoms with van der Waals surface area (Å²) in [6.45, 7) is 1.97. The van der Waals surface area contributed by atoms with Crippen LogP contribution in [0.25, 0.3) is 0 Å². The Morgan fingerprint density at radius 2 is 1.46 bits per heavy atom. The van der Waals surface area contributed by atoms with Crippen LogP contribution in [0.2, 0.25) is 0 Å². The maximum atomic E-state index is 12.7. The van der Waals surface area contributed by atoms with Gasteiger partial charge >= 0.3 is 0 Å². The van der Waals surface area contributed by atoms with Gasteiger partial charge in [-0.2, -0.15) is 0 Å². The molecule has 1 aliphatic heterocycles. The number of hydrogen-bond donors (Lipinski definition) is 0. The first-order valence-electron chi connectivity index (χ1n) is 9.24. The van der Waals surface area contributed by atoms with Gasteiger partial charge in [-0.05, 0) is 24.0 Å². The van der Waals surface area contributed by atoms with E-state index in [1.54, 1.807) is 4.90 Å². The minimum Gasteiger partial charge on any atom is -0.342 e. The number of hydrogen-bond acceptors (Lipinski definition) is 2. The van der Waals surface area contributed by atoms with Crippen LogP contribution >= 0.6 is 0 Å². The molecule has 0 bridgehead atoms. The van der Waals surface area contributed by atoms with E-state index < -0.39 is 0 Å². The quantitative estimate of drug-likeness (QED) is 0.831. The second-order valence-corrected chi connectivity index (χ2v) is 7.00. The van der Waals surface area contributed by atoms with Gasteiger partial charge in [0.05, 0.1) is 6.42 Å². The van der Waals surface area contributed by atoms with E-state index in [0.29, 0.717) is 26.1 Å². The van der Waals surface area contributed by atoms with Gasteiger partial charge in [0, 0.05) is 32.6 Å². The van der Waals surface area contributed by atoms with Crippen molar-refractivity contribution in [1.29, 1.82) is 0 Å². The Balaban J connectivity index is 1.48. The van der Waals surface area contributed by atoms with Crippen LogP contribution in [0.4, 0.5) is 0 Å². The van der Waals surface area contributed by atoms with Crippen LogP contribution in [0, 0.1) is 5.92 Å². The van der Waals surface area contributed by atoms with Gasteiger partial charge < -0.3 is 9.80 Å². The Kier molecular flexibility index (Phi) is 6.05. The lowest BCUT2D eigenvalue weighted by molar-refractivity contribution is -0.140. The largest absolute Gasteiger partial charge is 0.342 e. The zero-order valence-corrected chi connectivity index (χ0v) is 15.3. The van der Waals surface area contributed by atoms with E-state index in [2.05, 4.69) is 0 Å². The van der Waals surface area contributed by atoms with E-state index in [1.807, 2.05) is 72.6 Å². The van der Waals surface area contributed by atoms with E-state index in [9.17, 15) is 9.59 Å². The Bertz CT molecular complexity index is 722. The van der Waals surface area contributed by atoms with Crippen LogP contribution < -0.4 is 0 Å². The van der Waals surface area contributed by atoms with Gasteiger partial charge in [0.15, 0.2) is 0 Å². The zero-order valence-electron chi connectivity index (χ0n) is 15.3. The summed E-state index contributed by atoms with van der Waals surface area (Å²) in [5, 5.41) is 0. The molecule has 26 heavy (non-hydrogen) atoms.